The molecule has 0 spiro atoms. The van der Waals surface area contributed by atoms with Crippen LogP contribution in [0.5, 0.6) is 5.75 Å². The van der Waals surface area contributed by atoms with Crippen LogP contribution < -0.4 is 4.74 Å². The molecule has 2 nitrogen and oxygen atoms in total. The number of hydrogen-bond acceptors (Lipinski definition) is 2. The minimum Gasteiger partial charge on any atom is -0.493 e. The van der Waals surface area contributed by atoms with Crippen molar-refractivity contribution in [3.05, 3.63) is 65.7 Å². The molecule has 0 saturated heterocycles. The zero-order valence-corrected chi connectivity index (χ0v) is 10.2. The second kappa shape index (κ2) is 6.46. The molecule has 2 aromatic rings. The van der Waals surface area contributed by atoms with Gasteiger partial charge in [0.2, 0.25) is 0 Å². The zero-order chi connectivity index (χ0) is 12.6. The molecule has 18 heavy (non-hydrogen) atoms. The van der Waals surface area contributed by atoms with Gasteiger partial charge in [-0.05, 0) is 23.3 Å². The first-order chi connectivity index (χ1) is 8.88. The van der Waals surface area contributed by atoms with Crippen LogP contribution in [0.3, 0.4) is 0 Å². The van der Waals surface area contributed by atoms with E-state index in [2.05, 4.69) is 18.2 Å². The average molecular weight is 237 g/mol. The second-order valence-corrected chi connectivity index (χ2v) is 4.07. The molecule has 0 radical (unpaired) electrons. The van der Waals surface area contributed by atoms with Crippen LogP contribution in [0.25, 0.3) is 0 Å². The highest BCUT2D eigenvalue weighted by atomic mass is 16.5. The van der Waals surface area contributed by atoms with E-state index in [9.17, 15) is 0 Å². The SMILES string of the molecule is N#CCc1cccc(OCCc2ccccc2)c1. The lowest BCUT2D eigenvalue weighted by Crippen LogP contribution is -2.01. The molecule has 0 unspecified atom stereocenters. The standard InChI is InChI=1S/C16H15NO/c17-11-9-15-7-4-8-16(13-15)18-12-10-14-5-2-1-3-6-14/h1-8,13H,9-10,12H2. The normalized spacial score (nSPS) is 9.72. The average Bonchev–Trinajstić information content (AvgIpc) is 2.41. The van der Waals surface area contributed by atoms with E-state index in [0.29, 0.717) is 13.0 Å². The molecule has 0 aliphatic carbocycles. The maximum atomic E-state index is 8.64. The molecule has 0 bridgehead atoms. The van der Waals surface area contributed by atoms with Crippen LogP contribution in [0.2, 0.25) is 0 Å². The first kappa shape index (κ1) is 12.2. The molecule has 2 rings (SSSR count). The Hall–Kier alpha value is -2.27. The minimum atomic E-state index is 0.426. The Balaban J connectivity index is 1.87. The quantitative estimate of drug-likeness (QED) is 0.798. The molecule has 0 heterocycles. The molecule has 0 atom stereocenters. The van der Waals surface area contributed by atoms with E-state index in [1.807, 2.05) is 42.5 Å². The van der Waals surface area contributed by atoms with Crippen LogP contribution in [0, 0.1) is 11.3 Å². The Kier molecular flexibility index (Phi) is 4.38. The Bertz CT molecular complexity index is 528. The van der Waals surface area contributed by atoms with Crippen molar-refractivity contribution in [2.75, 3.05) is 6.61 Å². The Morgan fingerprint density at radius 1 is 0.944 bits per heavy atom. The smallest absolute Gasteiger partial charge is 0.119 e. The number of nitrogens with zero attached hydrogens (tertiary/aromatic N) is 1. The van der Waals surface area contributed by atoms with Gasteiger partial charge < -0.3 is 4.74 Å². The van der Waals surface area contributed by atoms with Crippen molar-refractivity contribution < 1.29 is 4.74 Å². The largest absolute Gasteiger partial charge is 0.493 e. The third-order valence-corrected chi connectivity index (χ3v) is 2.68. The van der Waals surface area contributed by atoms with Gasteiger partial charge in [0.05, 0.1) is 19.1 Å². The molecular weight excluding hydrogens is 222 g/mol. The number of benzene rings is 2. The summed E-state index contributed by atoms with van der Waals surface area (Å²) in [5, 5.41) is 8.64. The van der Waals surface area contributed by atoms with Crippen LogP contribution in [0.4, 0.5) is 0 Å². The monoisotopic (exact) mass is 237 g/mol. The van der Waals surface area contributed by atoms with Crippen LogP contribution >= 0.6 is 0 Å². The van der Waals surface area contributed by atoms with Crippen LogP contribution in [0.1, 0.15) is 11.1 Å². The van der Waals surface area contributed by atoms with E-state index >= 15 is 0 Å². The van der Waals surface area contributed by atoms with Gasteiger partial charge in [0.1, 0.15) is 5.75 Å². The lowest BCUT2D eigenvalue weighted by Gasteiger charge is -2.07. The number of rotatable bonds is 5. The van der Waals surface area contributed by atoms with Gasteiger partial charge in [-0.15, -0.1) is 0 Å². The summed E-state index contributed by atoms with van der Waals surface area (Å²) in [5.74, 6) is 0.832. The van der Waals surface area contributed by atoms with E-state index in [4.69, 9.17) is 10.00 Å². The predicted octanol–water partition coefficient (Wildman–Crippen LogP) is 3.37. The number of hydrogen-bond donors (Lipinski definition) is 0. The number of nitriles is 1. The van der Waals surface area contributed by atoms with Gasteiger partial charge in [0.25, 0.3) is 0 Å². The Morgan fingerprint density at radius 3 is 2.50 bits per heavy atom. The van der Waals surface area contributed by atoms with E-state index in [1.54, 1.807) is 0 Å². The predicted molar refractivity (Wildman–Crippen MR) is 71.4 cm³/mol. The van der Waals surface area contributed by atoms with Crippen molar-refractivity contribution in [2.45, 2.75) is 12.8 Å². The van der Waals surface area contributed by atoms with Crippen LogP contribution in [-0.2, 0) is 12.8 Å². The first-order valence-corrected chi connectivity index (χ1v) is 6.01. The van der Waals surface area contributed by atoms with Gasteiger partial charge in [-0.3, -0.25) is 0 Å². The fourth-order valence-corrected chi connectivity index (χ4v) is 1.77. The molecule has 0 saturated carbocycles. The van der Waals surface area contributed by atoms with Gasteiger partial charge in [-0.1, -0.05) is 42.5 Å². The summed E-state index contributed by atoms with van der Waals surface area (Å²) in [6, 6.07) is 20.1. The topological polar surface area (TPSA) is 33.0 Å². The molecule has 0 fully saturated rings. The Labute approximate surface area is 107 Å². The summed E-state index contributed by atoms with van der Waals surface area (Å²) in [6.07, 6.45) is 1.32. The van der Waals surface area contributed by atoms with Crippen molar-refractivity contribution in [1.82, 2.24) is 0 Å². The lowest BCUT2D eigenvalue weighted by molar-refractivity contribution is 0.321. The van der Waals surface area contributed by atoms with Gasteiger partial charge in [-0.2, -0.15) is 5.26 Å². The fraction of sp³-hybridized carbons (Fsp3) is 0.188. The maximum Gasteiger partial charge on any atom is 0.119 e. The summed E-state index contributed by atoms with van der Waals surface area (Å²) in [5.41, 5.74) is 2.26. The molecule has 0 aliphatic rings. The second-order valence-electron chi connectivity index (χ2n) is 4.07. The molecule has 0 N–H and O–H groups in total. The van der Waals surface area contributed by atoms with E-state index in [-0.39, 0.29) is 0 Å². The van der Waals surface area contributed by atoms with Gasteiger partial charge in [0.15, 0.2) is 0 Å². The minimum absolute atomic E-state index is 0.426. The van der Waals surface area contributed by atoms with E-state index in [0.717, 1.165) is 17.7 Å². The highest BCUT2D eigenvalue weighted by Gasteiger charge is 1.97. The molecule has 0 amide bonds. The highest BCUT2D eigenvalue weighted by molar-refractivity contribution is 5.30. The van der Waals surface area contributed by atoms with Gasteiger partial charge in [-0.25, -0.2) is 0 Å². The van der Waals surface area contributed by atoms with Crippen molar-refractivity contribution in [2.24, 2.45) is 0 Å². The van der Waals surface area contributed by atoms with E-state index in [1.165, 1.54) is 5.56 Å². The van der Waals surface area contributed by atoms with Crippen molar-refractivity contribution in [1.29, 1.82) is 5.26 Å². The molecule has 0 aliphatic heterocycles. The summed E-state index contributed by atoms with van der Waals surface area (Å²) in [6.45, 7) is 0.653. The van der Waals surface area contributed by atoms with Crippen LogP contribution in [0.15, 0.2) is 54.6 Å². The summed E-state index contributed by atoms with van der Waals surface area (Å²) < 4.78 is 5.69. The number of ether oxygens (including phenoxy) is 1. The van der Waals surface area contributed by atoms with Crippen LogP contribution in [-0.4, -0.2) is 6.61 Å². The Morgan fingerprint density at radius 2 is 1.72 bits per heavy atom. The van der Waals surface area contributed by atoms with Gasteiger partial charge >= 0.3 is 0 Å². The molecule has 90 valence electrons. The highest BCUT2D eigenvalue weighted by Crippen LogP contribution is 2.14. The molecule has 2 aromatic carbocycles. The zero-order valence-electron chi connectivity index (χ0n) is 10.2. The lowest BCUT2D eigenvalue weighted by atomic mass is 10.1. The van der Waals surface area contributed by atoms with Crippen molar-refractivity contribution in [3.63, 3.8) is 0 Å². The fourth-order valence-electron chi connectivity index (χ4n) is 1.77. The first-order valence-electron chi connectivity index (χ1n) is 6.01. The maximum absolute atomic E-state index is 8.64. The third kappa shape index (κ3) is 3.64. The molecular formula is C16H15NO. The molecule has 2 heteroatoms. The third-order valence-electron chi connectivity index (χ3n) is 2.68. The van der Waals surface area contributed by atoms with Crippen molar-refractivity contribution in [3.8, 4) is 11.8 Å². The summed E-state index contributed by atoms with van der Waals surface area (Å²) in [7, 11) is 0. The van der Waals surface area contributed by atoms with Gasteiger partial charge in [0, 0.05) is 6.42 Å². The van der Waals surface area contributed by atoms with Crippen molar-refractivity contribution >= 4 is 0 Å². The van der Waals surface area contributed by atoms with E-state index < -0.39 is 0 Å². The summed E-state index contributed by atoms with van der Waals surface area (Å²) >= 11 is 0. The molecule has 0 aromatic heterocycles. The summed E-state index contributed by atoms with van der Waals surface area (Å²) in [4.78, 5) is 0.